The molecule has 0 aliphatic carbocycles. The van der Waals surface area contributed by atoms with Gasteiger partial charge in [0.2, 0.25) is 17.7 Å². The Morgan fingerprint density at radius 1 is 1.32 bits per heavy atom. The van der Waals surface area contributed by atoms with E-state index in [1.54, 1.807) is 19.3 Å². The molecule has 1 aliphatic rings. The molecule has 2 aromatic rings. The zero-order valence-corrected chi connectivity index (χ0v) is 19.0. The molecule has 1 fully saturated rings. The summed E-state index contributed by atoms with van der Waals surface area (Å²) < 4.78 is 14.1. The lowest BCUT2D eigenvalue weighted by atomic mass is 9.75. The number of imide groups is 1. The first-order valence-corrected chi connectivity index (χ1v) is 10.9. The number of halogens is 1. The molecule has 166 valence electrons. The number of likely N-dealkylation sites (tertiary alicyclic amines) is 1. The van der Waals surface area contributed by atoms with Gasteiger partial charge in [0.15, 0.2) is 0 Å². The van der Waals surface area contributed by atoms with Crippen LogP contribution >= 0.6 is 11.3 Å². The Kier molecular flexibility index (Phi) is 6.86. The molecule has 3 amide bonds. The molecule has 1 aromatic heterocycles. The van der Waals surface area contributed by atoms with Crippen molar-refractivity contribution in [3.05, 3.63) is 52.2 Å². The Balaban J connectivity index is 1.93. The van der Waals surface area contributed by atoms with E-state index < -0.39 is 17.1 Å². The van der Waals surface area contributed by atoms with Gasteiger partial charge in [-0.1, -0.05) is 12.1 Å². The van der Waals surface area contributed by atoms with Crippen LogP contribution in [-0.2, 0) is 19.8 Å². The molecule has 2 atom stereocenters. The number of carbonyl (C=O) groups excluding carboxylic acids is 3. The average molecular weight is 447 g/mol. The van der Waals surface area contributed by atoms with Crippen LogP contribution in [0.15, 0.2) is 35.8 Å². The second-order valence-corrected chi connectivity index (χ2v) is 9.08. The van der Waals surface area contributed by atoms with Crippen LogP contribution < -0.4 is 0 Å². The predicted molar refractivity (Wildman–Crippen MR) is 116 cm³/mol. The monoisotopic (exact) mass is 446 g/mol. The van der Waals surface area contributed by atoms with Crippen LogP contribution in [0, 0.1) is 5.82 Å². The van der Waals surface area contributed by atoms with E-state index in [4.69, 9.17) is 0 Å². The lowest BCUT2D eigenvalue weighted by Crippen LogP contribution is -2.44. The first kappa shape index (κ1) is 23.0. The number of carbonyl (C=O) groups is 3. The van der Waals surface area contributed by atoms with Crippen molar-refractivity contribution in [3.63, 3.8) is 0 Å². The van der Waals surface area contributed by atoms with Gasteiger partial charge in [-0.15, -0.1) is 11.3 Å². The molecule has 0 radical (unpaired) electrons. The van der Waals surface area contributed by atoms with E-state index in [0.717, 1.165) is 5.01 Å². The van der Waals surface area contributed by atoms with E-state index in [-0.39, 0.29) is 37.2 Å². The fourth-order valence-electron chi connectivity index (χ4n) is 3.78. The first-order chi connectivity index (χ1) is 14.7. The third-order valence-electron chi connectivity index (χ3n) is 5.79. The minimum absolute atomic E-state index is 0.159. The summed E-state index contributed by atoms with van der Waals surface area (Å²) in [7, 11) is 5.35. The van der Waals surface area contributed by atoms with E-state index >= 15 is 0 Å². The maximum absolute atomic E-state index is 14.1. The molecule has 0 unspecified atom stereocenters. The van der Waals surface area contributed by atoms with Gasteiger partial charge in [0.05, 0.1) is 11.5 Å². The van der Waals surface area contributed by atoms with Crippen molar-refractivity contribution in [1.82, 2.24) is 19.7 Å². The standard InChI is InChI=1S/C22H27FN4O3S/c1-15(20-24-8-11-31-20)26(4)18(28)13-22(16-6-5-7-17(23)12-16)14-19(29)27(21(22)30)10-9-25(2)3/h5-8,11-12,15H,9-10,13-14H2,1-4H3/t15-,22+/m1/s1. The number of benzene rings is 1. The minimum atomic E-state index is -1.42. The number of hydrogen-bond donors (Lipinski definition) is 0. The maximum atomic E-state index is 14.1. The lowest BCUT2D eigenvalue weighted by Gasteiger charge is -2.31. The zero-order chi connectivity index (χ0) is 22.8. The molecule has 0 spiro atoms. The lowest BCUT2D eigenvalue weighted by molar-refractivity contribution is -0.143. The van der Waals surface area contributed by atoms with Crippen LogP contribution in [0.2, 0.25) is 0 Å². The molecule has 9 heteroatoms. The third kappa shape index (κ3) is 4.67. The van der Waals surface area contributed by atoms with Crippen molar-refractivity contribution in [2.45, 2.75) is 31.2 Å². The number of likely N-dealkylation sites (N-methyl/N-ethyl adjacent to an activating group) is 1. The number of thiazole rings is 1. The van der Waals surface area contributed by atoms with Crippen molar-refractivity contribution in [1.29, 1.82) is 0 Å². The number of hydrogen-bond acceptors (Lipinski definition) is 6. The van der Waals surface area contributed by atoms with Gasteiger partial charge in [-0.3, -0.25) is 19.3 Å². The molecule has 1 saturated heterocycles. The summed E-state index contributed by atoms with van der Waals surface area (Å²) in [5.41, 5.74) is -1.07. The third-order valence-corrected chi connectivity index (χ3v) is 6.74. The summed E-state index contributed by atoms with van der Waals surface area (Å²) in [6.45, 7) is 2.59. The molecule has 7 nitrogen and oxygen atoms in total. The minimum Gasteiger partial charge on any atom is -0.337 e. The van der Waals surface area contributed by atoms with Crippen molar-refractivity contribution in [2.24, 2.45) is 0 Å². The van der Waals surface area contributed by atoms with Crippen molar-refractivity contribution < 1.29 is 18.8 Å². The van der Waals surface area contributed by atoms with E-state index in [0.29, 0.717) is 12.1 Å². The average Bonchev–Trinajstić information content (AvgIpc) is 3.33. The molecular weight excluding hydrogens is 419 g/mol. The van der Waals surface area contributed by atoms with Crippen LogP contribution in [0.1, 0.15) is 36.4 Å². The highest BCUT2D eigenvalue weighted by Gasteiger charge is 2.54. The Hall–Kier alpha value is -2.65. The van der Waals surface area contributed by atoms with Gasteiger partial charge in [-0.2, -0.15) is 0 Å². The highest BCUT2D eigenvalue weighted by Crippen LogP contribution is 2.41. The smallest absolute Gasteiger partial charge is 0.240 e. The highest BCUT2D eigenvalue weighted by atomic mass is 32.1. The predicted octanol–water partition coefficient (Wildman–Crippen LogP) is 2.45. The molecule has 1 aliphatic heterocycles. The molecule has 1 aromatic carbocycles. The summed E-state index contributed by atoms with van der Waals surface area (Å²) in [6, 6.07) is 5.35. The van der Waals surface area contributed by atoms with Crippen LogP contribution in [-0.4, -0.2) is 71.6 Å². The summed E-state index contributed by atoms with van der Waals surface area (Å²) >= 11 is 1.44. The van der Waals surface area contributed by atoms with Crippen LogP contribution in [0.5, 0.6) is 0 Å². The fourth-order valence-corrected chi connectivity index (χ4v) is 4.52. The molecule has 31 heavy (non-hydrogen) atoms. The van der Waals surface area contributed by atoms with Gasteiger partial charge >= 0.3 is 0 Å². The molecule has 2 heterocycles. The Labute approximate surface area is 185 Å². The summed E-state index contributed by atoms with van der Waals surface area (Å²) in [5.74, 6) is -1.61. The van der Waals surface area contributed by atoms with E-state index in [2.05, 4.69) is 4.98 Å². The zero-order valence-electron chi connectivity index (χ0n) is 18.2. The SMILES string of the molecule is C[C@H](c1nccs1)N(C)C(=O)C[C@@]1(c2cccc(F)c2)CC(=O)N(CCN(C)C)C1=O. The quantitative estimate of drug-likeness (QED) is 0.583. The maximum Gasteiger partial charge on any atom is 0.240 e. The molecule has 0 bridgehead atoms. The van der Waals surface area contributed by atoms with Gasteiger partial charge in [-0.05, 0) is 38.7 Å². The molecule has 0 saturated carbocycles. The second-order valence-electron chi connectivity index (χ2n) is 8.15. The van der Waals surface area contributed by atoms with Crippen LogP contribution in [0.3, 0.4) is 0 Å². The summed E-state index contributed by atoms with van der Waals surface area (Å²) in [4.78, 5) is 48.4. The summed E-state index contributed by atoms with van der Waals surface area (Å²) in [6.07, 6.45) is 1.30. The number of rotatable bonds is 8. The van der Waals surface area contributed by atoms with Gasteiger partial charge in [-0.25, -0.2) is 9.37 Å². The van der Waals surface area contributed by atoms with Gasteiger partial charge in [0.1, 0.15) is 10.8 Å². The van der Waals surface area contributed by atoms with Gasteiger partial charge in [0, 0.05) is 44.6 Å². The van der Waals surface area contributed by atoms with Crippen molar-refractivity contribution in [3.8, 4) is 0 Å². The van der Waals surface area contributed by atoms with Crippen LogP contribution in [0.4, 0.5) is 4.39 Å². The van der Waals surface area contributed by atoms with Crippen molar-refractivity contribution >= 4 is 29.1 Å². The van der Waals surface area contributed by atoms with E-state index in [9.17, 15) is 18.8 Å². The molecule has 0 N–H and O–H groups in total. The Morgan fingerprint density at radius 3 is 2.68 bits per heavy atom. The largest absolute Gasteiger partial charge is 0.337 e. The van der Waals surface area contributed by atoms with Gasteiger partial charge in [0.25, 0.3) is 0 Å². The fraction of sp³-hybridized carbons (Fsp3) is 0.455. The van der Waals surface area contributed by atoms with Crippen LogP contribution in [0.25, 0.3) is 0 Å². The number of amides is 3. The van der Waals surface area contributed by atoms with Crippen molar-refractivity contribution in [2.75, 3.05) is 34.2 Å². The molecular formula is C22H27FN4O3S. The number of aromatic nitrogens is 1. The molecule has 3 rings (SSSR count). The normalized spacial score (nSPS) is 19.9. The topological polar surface area (TPSA) is 73.8 Å². The highest BCUT2D eigenvalue weighted by molar-refractivity contribution is 7.09. The van der Waals surface area contributed by atoms with Gasteiger partial charge < -0.3 is 9.80 Å². The van der Waals surface area contributed by atoms with E-state index in [1.165, 1.54) is 39.3 Å². The Morgan fingerprint density at radius 2 is 2.06 bits per heavy atom. The number of nitrogens with zero attached hydrogens (tertiary/aromatic N) is 4. The first-order valence-electron chi connectivity index (χ1n) is 10.1. The van der Waals surface area contributed by atoms with E-state index in [1.807, 2.05) is 31.3 Å². The summed E-state index contributed by atoms with van der Waals surface area (Å²) in [5, 5.41) is 2.61. The second kappa shape index (κ2) is 9.23. The Bertz CT molecular complexity index is 965.